The summed E-state index contributed by atoms with van der Waals surface area (Å²) in [5.41, 5.74) is 0.366. The van der Waals surface area contributed by atoms with Crippen molar-refractivity contribution in [2.24, 2.45) is 0 Å². The highest BCUT2D eigenvalue weighted by Crippen LogP contribution is 2.01. The number of rotatable bonds is 2. The Bertz CT molecular complexity index is 352. The molecular weight excluding hydrogens is 180 g/mol. The first-order valence-electron chi connectivity index (χ1n) is 4.18. The van der Waals surface area contributed by atoms with E-state index in [0.29, 0.717) is 5.56 Å². The summed E-state index contributed by atoms with van der Waals surface area (Å²) in [6.07, 6.45) is 2.71. The molecule has 0 saturated heterocycles. The number of carbonyl (C=O) groups is 2. The molecule has 0 saturated carbocycles. The molecule has 1 rings (SSSR count). The van der Waals surface area contributed by atoms with Gasteiger partial charge in [-0.1, -0.05) is 24.3 Å². The Morgan fingerprint density at radius 1 is 1.21 bits per heavy atom. The van der Waals surface area contributed by atoms with Crippen molar-refractivity contribution >= 4 is 11.9 Å². The third kappa shape index (κ3) is 2.86. The van der Waals surface area contributed by atoms with Crippen molar-refractivity contribution in [3.63, 3.8) is 0 Å². The van der Waals surface area contributed by atoms with Gasteiger partial charge in [0.05, 0.1) is 5.56 Å². The minimum Gasteiger partial charge on any atom is -0.386 e. The fourth-order valence-corrected chi connectivity index (χ4v) is 0.895. The molecule has 0 spiro atoms. The fraction of sp³-hybridized carbons (Fsp3) is 0.0909. The summed E-state index contributed by atoms with van der Waals surface area (Å²) in [6.45, 7) is 1.67. The Morgan fingerprint density at radius 2 is 1.86 bits per heavy atom. The summed E-state index contributed by atoms with van der Waals surface area (Å²) < 4.78 is 4.51. The van der Waals surface area contributed by atoms with Crippen LogP contribution in [0.1, 0.15) is 17.3 Å². The third-order valence-electron chi connectivity index (χ3n) is 1.51. The van der Waals surface area contributed by atoms with Crippen molar-refractivity contribution in [2.45, 2.75) is 6.92 Å². The smallest absolute Gasteiger partial charge is 0.346 e. The first-order chi connectivity index (χ1) is 6.74. The molecule has 72 valence electrons. The van der Waals surface area contributed by atoms with E-state index in [1.54, 1.807) is 37.3 Å². The van der Waals surface area contributed by atoms with Gasteiger partial charge in [-0.3, -0.25) is 0 Å². The molecule has 0 heterocycles. The predicted octanol–water partition coefficient (Wildman–Crippen LogP) is 1.95. The van der Waals surface area contributed by atoms with Gasteiger partial charge < -0.3 is 4.74 Å². The van der Waals surface area contributed by atoms with Gasteiger partial charge in [0, 0.05) is 6.08 Å². The van der Waals surface area contributed by atoms with Gasteiger partial charge in [-0.2, -0.15) is 0 Å². The van der Waals surface area contributed by atoms with Crippen LogP contribution in [0.5, 0.6) is 0 Å². The monoisotopic (exact) mass is 190 g/mol. The normalized spacial score (nSPS) is 10.1. The minimum atomic E-state index is -0.652. The molecule has 0 aromatic heterocycles. The highest BCUT2D eigenvalue weighted by Gasteiger charge is 2.09. The molecule has 0 atom stereocenters. The Kier molecular flexibility index (Phi) is 3.61. The average Bonchev–Trinajstić information content (AvgIpc) is 2.19. The topological polar surface area (TPSA) is 43.4 Å². The molecule has 3 nitrogen and oxygen atoms in total. The summed E-state index contributed by atoms with van der Waals surface area (Å²) >= 11 is 0. The van der Waals surface area contributed by atoms with Crippen LogP contribution in [-0.4, -0.2) is 11.9 Å². The molecule has 14 heavy (non-hydrogen) atoms. The van der Waals surface area contributed by atoms with Gasteiger partial charge >= 0.3 is 11.9 Å². The predicted molar refractivity (Wildman–Crippen MR) is 51.7 cm³/mol. The maximum absolute atomic E-state index is 11.3. The Balaban J connectivity index is 2.64. The highest BCUT2D eigenvalue weighted by molar-refractivity contribution is 5.99. The fourth-order valence-electron chi connectivity index (χ4n) is 0.895. The van der Waals surface area contributed by atoms with Gasteiger partial charge in [0.25, 0.3) is 0 Å². The van der Waals surface area contributed by atoms with Crippen LogP contribution in [0, 0.1) is 0 Å². The van der Waals surface area contributed by atoms with E-state index in [4.69, 9.17) is 0 Å². The molecule has 0 aliphatic heterocycles. The van der Waals surface area contributed by atoms with E-state index in [-0.39, 0.29) is 0 Å². The van der Waals surface area contributed by atoms with Crippen molar-refractivity contribution < 1.29 is 14.3 Å². The number of ether oxygens (including phenoxy) is 1. The lowest BCUT2D eigenvalue weighted by Gasteiger charge is -1.98. The molecule has 1 aromatic rings. The van der Waals surface area contributed by atoms with Gasteiger partial charge in [0.2, 0.25) is 0 Å². The van der Waals surface area contributed by atoms with Crippen LogP contribution in [-0.2, 0) is 9.53 Å². The number of esters is 2. The molecule has 0 radical (unpaired) electrons. The van der Waals surface area contributed by atoms with Gasteiger partial charge in [0.15, 0.2) is 0 Å². The lowest BCUT2D eigenvalue weighted by molar-refractivity contribution is -0.132. The van der Waals surface area contributed by atoms with Crippen LogP contribution in [0.2, 0.25) is 0 Å². The van der Waals surface area contributed by atoms with E-state index in [0.717, 1.165) is 0 Å². The lowest BCUT2D eigenvalue weighted by atomic mass is 10.2. The maximum atomic E-state index is 11.3. The van der Waals surface area contributed by atoms with Crippen molar-refractivity contribution in [1.82, 2.24) is 0 Å². The lowest BCUT2D eigenvalue weighted by Crippen LogP contribution is -2.09. The molecule has 1 aromatic carbocycles. The molecule has 0 amide bonds. The third-order valence-corrected chi connectivity index (χ3v) is 1.51. The van der Waals surface area contributed by atoms with E-state index in [1.165, 1.54) is 12.2 Å². The number of allylic oxidation sites excluding steroid dienone is 1. The van der Waals surface area contributed by atoms with E-state index in [9.17, 15) is 9.59 Å². The minimum absolute atomic E-state index is 0.366. The van der Waals surface area contributed by atoms with Crippen LogP contribution < -0.4 is 0 Å². The SMILES string of the molecule is C/C=C/C(=O)OC(=O)c1ccccc1. The molecule has 0 bridgehead atoms. The van der Waals surface area contributed by atoms with E-state index >= 15 is 0 Å². The second-order valence-electron chi connectivity index (χ2n) is 2.57. The summed E-state index contributed by atoms with van der Waals surface area (Å²) in [5.74, 6) is -1.28. The molecule has 0 aliphatic rings. The van der Waals surface area contributed by atoms with Crippen LogP contribution >= 0.6 is 0 Å². The van der Waals surface area contributed by atoms with Crippen LogP contribution in [0.3, 0.4) is 0 Å². The quantitative estimate of drug-likeness (QED) is 0.406. The second-order valence-corrected chi connectivity index (χ2v) is 2.57. The zero-order valence-electron chi connectivity index (χ0n) is 7.77. The Labute approximate surface area is 82.0 Å². The van der Waals surface area contributed by atoms with Gasteiger partial charge in [0.1, 0.15) is 0 Å². The summed E-state index contributed by atoms with van der Waals surface area (Å²) in [5, 5.41) is 0. The second kappa shape index (κ2) is 4.97. The van der Waals surface area contributed by atoms with Crippen molar-refractivity contribution in [3.8, 4) is 0 Å². The number of benzene rings is 1. The summed E-state index contributed by atoms with van der Waals surface area (Å²) in [7, 11) is 0. The van der Waals surface area contributed by atoms with Crippen LogP contribution in [0.4, 0.5) is 0 Å². The molecule has 0 aliphatic carbocycles. The van der Waals surface area contributed by atoms with Gasteiger partial charge in [-0.05, 0) is 19.1 Å². The highest BCUT2D eigenvalue weighted by atomic mass is 16.6. The van der Waals surface area contributed by atoms with Crippen molar-refractivity contribution in [1.29, 1.82) is 0 Å². The number of carbonyl (C=O) groups excluding carboxylic acids is 2. The molecule has 0 unspecified atom stereocenters. The van der Waals surface area contributed by atoms with Crippen LogP contribution in [0.25, 0.3) is 0 Å². The Hall–Kier alpha value is -1.90. The van der Waals surface area contributed by atoms with Crippen LogP contribution in [0.15, 0.2) is 42.5 Å². The van der Waals surface area contributed by atoms with E-state index in [1.807, 2.05) is 0 Å². The Morgan fingerprint density at radius 3 is 2.43 bits per heavy atom. The largest absolute Gasteiger partial charge is 0.386 e. The summed E-state index contributed by atoms with van der Waals surface area (Å²) in [4.78, 5) is 22.1. The maximum Gasteiger partial charge on any atom is 0.346 e. The zero-order chi connectivity index (χ0) is 10.4. The molecule has 0 N–H and O–H groups in total. The first-order valence-corrected chi connectivity index (χ1v) is 4.18. The number of hydrogen-bond donors (Lipinski definition) is 0. The van der Waals surface area contributed by atoms with E-state index in [2.05, 4.69) is 4.74 Å². The van der Waals surface area contributed by atoms with E-state index < -0.39 is 11.9 Å². The first kappa shape index (κ1) is 10.2. The molecular formula is C11H10O3. The van der Waals surface area contributed by atoms with Gasteiger partial charge in [-0.15, -0.1) is 0 Å². The molecule has 3 heteroatoms. The van der Waals surface area contributed by atoms with Gasteiger partial charge in [-0.25, -0.2) is 9.59 Å². The zero-order valence-corrected chi connectivity index (χ0v) is 7.77. The standard InChI is InChI=1S/C11H10O3/c1-2-6-10(12)14-11(13)9-7-4-3-5-8-9/h2-8H,1H3/b6-2+. The van der Waals surface area contributed by atoms with Crippen molar-refractivity contribution in [3.05, 3.63) is 48.0 Å². The molecule has 0 fully saturated rings. The van der Waals surface area contributed by atoms with Crippen molar-refractivity contribution in [2.75, 3.05) is 0 Å². The summed E-state index contributed by atoms with van der Waals surface area (Å²) in [6, 6.07) is 8.37. The average molecular weight is 190 g/mol. The number of hydrogen-bond acceptors (Lipinski definition) is 3.